The molecule has 0 saturated carbocycles. The molecule has 2 aromatic rings. The third-order valence-electron chi connectivity index (χ3n) is 5.42. The van der Waals surface area contributed by atoms with Crippen LogP contribution >= 0.6 is 0 Å². The van der Waals surface area contributed by atoms with E-state index in [0.717, 1.165) is 32.6 Å². The van der Waals surface area contributed by atoms with Crippen molar-refractivity contribution >= 4 is 5.91 Å². The molecule has 1 atom stereocenters. The summed E-state index contributed by atoms with van der Waals surface area (Å²) in [5, 5.41) is 0. The zero-order valence-corrected chi connectivity index (χ0v) is 13.9. The fourth-order valence-corrected chi connectivity index (χ4v) is 4.07. The van der Waals surface area contributed by atoms with Gasteiger partial charge in [-0.05, 0) is 24.0 Å². The Morgan fingerprint density at radius 1 is 0.917 bits per heavy atom. The molecule has 24 heavy (non-hydrogen) atoms. The molecule has 1 amide bonds. The van der Waals surface area contributed by atoms with Gasteiger partial charge in [0.2, 0.25) is 5.91 Å². The van der Waals surface area contributed by atoms with Crippen molar-refractivity contribution in [2.45, 2.75) is 25.3 Å². The van der Waals surface area contributed by atoms with E-state index in [1.54, 1.807) is 0 Å². The lowest BCUT2D eigenvalue weighted by Crippen LogP contribution is -2.48. The predicted molar refractivity (Wildman–Crippen MR) is 93.5 cm³/mol. The van der Waals surface area contributed by atoms with Gasteiger partial charge in [0.05, 0.1) is 12.6 Å². The molecule has 0 radical (unpaired) electrons. The lowest BCUT2D eigenvalue weighted by atomic mass is 9.78. The molecule has 3 heteroatoms. The molecule has 1 spiro atoms. The number of hydrogen-bond acceptors (Lipinski definition) is 2. The van der Waals surface area contributed by atoms with Gasteiger partial charge in [-0.15, -0.1) is 0 Å². The first-order valence-electron chi connectivity index (χ1n) is 8.75. The highest BCUT2D eigenvalue weighted by molar-refractivity contribution is 5.78. The minimum Gasteiger partial charge on any atom is -0.381 e. The Kier molecular flexibility index (Phi) is 4.11. The van der Waals surface area contributed by atoms with E-state index in [2.05, 4.69) is 29.2 Å². The van der Waals surface area contributed by atoms with Crippen LogP contribution in [0.4, 0.5) is 0 Å². The number of rotatable bonds is 3. The van der Waals surface area contributed by atoms with Crippen molar-refractivity contribution in [1.29, 1.82) is 0 Å². The highest BCUT2D eigenvalue weighted by Crippen LogP contribution is 2.42. The van der Waals surface area contributed by atoms with Gasteiger partial charge >= 0.3 is 0 Å². The van der Waals surface area contributed by atoms with Gasteiger partial charge in [-0.2, -0.15) is 0 Å². The number of carbonyl (C=O) groups is 1. The maximum atomic E-state index is 12.8. The lowest BCUT2D eigenvalue weighted by Gasteiger charge is -2.43. The molecule has 2 aromatic carbocycles. The Morgan fingerprint density at radius 2 is 1.54 bits per heavy atom. The third kappa shape index (κ3) is 2.84. The normalized spacial score (nSPS) is 24.0. The Labute approximate surface area is 143 Å². The number of hydrogen-bond donors (Lipinski definition) is 0. The number of carbonyl (C=O) groups excluding carboxylic acids is 1. The summed E-state index contributed by atoms with van der Waals surface area (Å²) >= 11 is 0. The topological polar surface area (TPSA) is 29.5 Å². The molecule has 0 N–H and O–H groups in total. The largest absolute Gasteiger partial charge is 0.381 e. The van der Waals surface area contributed by atoms with Crippen molar-refractivity contribution < 1.29 is 9.53 Å². The summed E-state index contributed by atoms with van der Waals surface area (Å²) in [5.74, 6) is 0.255. The molecule has 3 nitrogen and oxygen atoms in total. The van der Waals surface area contributed by atoms with E-state index in [0.29, 0.717) is 6.42 Å². The zero-order valence-electron chi connectivity index (χ0n) is 13.9. The second-order valence-corrected chi connectivity index (χ2v) is 7.05. The van der Waals surface area contributed by atoms with Crippen LogP contribution in [0, 0.1) is 5.41 Å². The molecule has 0 aliphatic carbocycles. The molecule has 0 bridgehead atoms. The van der Waals surface area contributed by atoms with E-state index >= 15 is 0 Å². The molecule has 4 rings (SSSR count). The highest BCUT2D eigenvalue weighted by Gasteiger charge is 2.44. The molecular weight excluding hydrogens is 298 g/mol. The van der Waals surface area contributed by atoms with Crippen LogP contribution in [0.5, 0.6) is 0 Å². The molecule has 124 valence electrons. The van der Waals surface area contributed by atoms with Crippen molar-refractivity contribution in [3.63, 3.8) is 0 Å². The number of nitrogens with zero attached hydrogens (tertiary/aromatic N) is 1. The van der Waals surface area contributed by atoms with E-state index < -0.39 is 0 Å². The van der Waals surface area contributed by atoms with Crippen LogP contribution in [0.2, 0.25) is 0 Å². The molecule has 2 heterocycles. The maximum Gasteiger partial charge on any atom is 0.223 e. The van der Waals surface area contributed by atoms with Gasteiger partial charge < -0.3 is 9.64 Å². The summed E-state index contributed by atoms with van der Waals surface area (Å²) in [5.41, 5.74) is 2.50. The standard InChI is InChI=1S/C21H23NO2/c23-19-11-12-21(13-14-24-16-21)15-22(19)20(17-7-3-1-4-8-17)18-9-5-2-6-10-18/h1-10,20H,11-16H2/t21-/m1/s1. The number of amides is 1. The van der Waals surface area contributed by atoms with Crippen molar-refractivity contribution in [1.82, 2.24) is 4.90 Å². The van der Waals surface area contributed by atoms with Crippen LogP contribution in [0.1, 0.15) is 36.4 Å². The number of piperidine rings is 1. The second-order valence-electron chi connectivity index (χ2n) is 7.05. The minimum absolute atomic E-state index is 0.0160. The average Bonchev–Trinajstić information content (AvgIpc) is 3.09. The van der Waals surface area contributed by atoms with Gasteiger partial charge in [-0.3, -0.25) is 4.79 Å². The van der Waals surface area contributed by atoms with Gasteiger partial charge in [0.15, 0.2) is 0 Å². The van der Waals surface area contributed by atoms with Gasteiger partial charge in [0, 0.05) is 25.0 Å². The quantitative estimate of drug-likeness (QED) is 0.860. The van der Waals surface area contributed by atoms with Crippen molar-refractivity contribution in [2.75, 3.05) is 19.8 Å². The van der Waals surface area contributed by atoms with E-state index in [-0.39, 0.29) is 17.4 Å². The summed E-state index contributed by atoms with van der Waals surface area (Å²) < 4.78 is 5.67. The van der Waals surface area contributed by atoms with Gasteiger partial charge in [-0.1, -0.05) is 60.7 Å². The van der Waals surface area contributed by atoms with Gasteiger partial charge in [0.25, 0.3) is 0 Å². The van der Waals surface area contributed by atoms with Crippen LogP contribution in [0.25, 0.3) is 0 Å². The minimum atomic E-state index is -0.0160. The zero-order chi connectivity index (χ0) is 16.4. The van der Waals surface area contributed by atoms with Gasteiger partial charge in [0.1, 0.15) is 0 Å². The van der Waals surface area contributed by atoms with E-state index in [4.69, 9.17) is 4.74 Å². The van der Waals surface area contributed by atoms with Crippen molar-refractivity contribution in [3.8, 4) is 0 Å². The molecule has 2 aliphatic heterocycles. The number of ether oxygens (including phenoxy) is 1. The summed E-state index contributed by atoms with van der Waals surface area (Å²) in [6, 6.07) is 20.7. The Morgan fingerprint density at radius 3 is 2.08 bits per heavy atom. The summed E-state index contributed by atoms with van der Waals surface area (Å²) in [4.78, 5) is 14.9. The van der Waals surface area contributed by atoms with E-state index in [1.807, 2.05) is 36.4 Å². The third-order valence-corrected chi connectivity index (χ3v) is 5.42. The van der Waals surface area contributed by atoms with Crippen LogP contribution < -0.4 is 0 Å². The van der Waals surface area contributed by atoms with Gasteiger partial charge in [-0.25, -0.2) is 0 Å². The van der Waals surface area contributed by atoms with E-state index in [1.165, 1.54) is 11.1 Å². The molecule has 2 aliphatic rings. The lowest BCUT2D eigenvalue weighted by molar-refractivity contribution is -0.139. The SMILES string of the molecule is O=C1CC[C@@]2(CCOC2)CN1C(c1ccccc1)c1ccccc1. The van der Waals surface area contributed by atoms with Crippen LogP contribution in [0.15, 0.2) is 60.7 Å². The fraction of sp³-hybridized carbons (Fsp3) is 0.381. The average molecular weight is 321 g/mol. The molecule has 2 saturated heterocycles. The molecular formula is C21H23NO2. The smallest absolute Gasteiger partial charge is 0.223 e. The molecule has 0 aromatic heterocycles. The van der Waals surface area contributed by atoms with Crippen LogP contribution in [0.3, 0.4) is 0 Å². The monoisotopic (exact) mass is 321 g/mol. The summed E-state index contributed by atoms with van der Waals surface area (Å²) in [6.45, 7) is 2.40. The first-order chi connectivity index (χ1) is 11.8. The number of likely N-dealkylation sites (tertiary alicyclic amines) is 1. The Hall–Kier alpha value is -2.13. The van der Waals surface area contributed by atoms with Crippen molar-refractivity contribution in [3.05, 3.63) is 71.8 Å². The molecule has 0 unspecified atom stereocenters. The fourth-order valence-electron chi connectivity index (χ4n) is 4.07. The summed E-state index contributed by atoms with van der Waals surface area (Å²) in [6.07, 6.45) is 2.64. The molecule has 2 fully saturated rings. The van der Waals surface area contributed by atoms with Crippen LogP contribution in [-0.2, 0) is 9.53 Å². The first kappa shape index (κ1) is 15.4. The first-order valence-corrected chi connectivity index (χ1v) is 8.75. The summed E-state index contributed by atoms with van der Waals surface area (Å²) in [7, 11) is 0. The van der Waals surface area contributed by atoms with Crippen molar-refractivity contribution in [2.24, 2.45) is 5.41 Å². The van der Waals surface area contributed by atoms with Crippen LogP contribution in [-0.4, -0.2) is 30.6 Å². The van der Waals surface area contributed by atoms with E-state index in [9.17, 15) is 4.79 Å². The Balaban J connectivity index is 1.73. The Bertz CT molecular complexity index is 653. The predicted octanol–water partition coefficient (Wildman–Crippen LogP) is 3.81. The second kappa shape index (κ2) is 6.40. The highest BCUT2D eigenvalue weighted by atomic mass is 16.5. The number of benzene rings is 2. The maximum absolute atomic E-state index is 12.8.